The summed E-state index contributed by atoms with van der Waals surface area (Å²) in [5.74, 6) is -0.125. The van der Waals surface area contributed by atoms with Gasteiger partial charge in [-0.2, -0.15) is 0 Å². The number of carbonyl (C=O) groups excluding carboxylic acids is 1. The van der Waals surface area contributed by atoms with Gasteiger partial charge in [0.25, 0.3) is 0 Å². The normalized spacial score (nSPS) is 27.9. The summed E-state index contributed by atoms with van der Waals surface area (Å²) in [6.07, 6.45) is -0.144. The topological polar surface area (TPSA) is 32.3 Å². The molecule has 0 aromatic heterocycles. The van der Waals surface area contributed by atoms with Crippen LogP contribution < -0.4 is 5.32 Å². The van der Waals surface area contributed by atoms with E-state index in [-0.39, 0.29) is 34.8 Å². The summed E-state index contributed by atoms with van der Waals surface area (Å²) in [6.45, 7) is 9.15. The number of rotatable bonds is 2. The second-order valence-electron chi connectivity index (χ2n) is 6.98. The lowest BCUT2D eigenvalue weighted by atomic mass is 10.0. The van der Waals surface area contributed by atoms with Crippen LogP contribution >= 0.6 is 0 Å². The Labute approximate surface area is 119 Å². The molecule has 2 aliphatic rings. The molecule has 3 nitrogen and oxygen atoms in total. The van der Waals surface area contributed by atoms with E-state index in [2.05, 4.69) is 33.0 Å². The van der Waals surface area contributed by atoms with Gasteiger partial charge in [-0.1, -0.05) is 39.8 Å². The summed E-state index contributed by atoms with van der Waals surface area (Å²) in [7, 11) is 0. The Balaban J connectivity index is 1.93. The quantitative estimate of drug-likeness (QED) is 0.900. The van der Waals surface area contributed by atoms with Gasteiger partial charge in [-0.3, -0.25) is 10.1 Å². The van der Waals surface area contributed by atoms with Crippen molar-refractivity contribution < 1.29 is 9.18 Å². The van der Waals surface area contributed by atoms with Crippen molar-refractivity contribution in [2.75, 3.05) is 6.54 Å². The van der Waals surface area contributed by atoms with E-state index in [4.69, 9.17) is 0 Å². The second-order valence-corrected chi connectivity index (χ2v) is 6.98. The van der Waals surface area contributed by atoms with Crippen molar-refractivity contribution in [2.45, 2.75) is 39.9 Å². The molecule has 1 N–H and O–H groups in total. The lowest BCUT2D eigenvalue weighted by Crippen LogP contribution is -2.35. The lowest BCUT2D eigenvalue weighted by Gasteiger charge is -2.27. The summed E-state index contributed by atoms with van der Waals surface area (Å²) in [5.41, 5.74) is 1.15. The molecule has 1 aromatic rings. The molecule has 1 saturated carbocycles. The third-order valence-electron chi connectivity index (χ3n) is 5.42. The summed E-state index contributed by atoms with van der Waals surface area (Å²) in [5, 5.41) is 3.24. The molecule has 4 heteroatoms. The Hall–Kier alpha value is -1.42. The van der Waals surface area contributed by atoms with Crippen LogP contribution in [0.25, 0.3) is 0 Å². The van der Waals surface area contributed by atoms with E-state index in [0.717, 1.165) is 5.56 Å². The zero-order chi connectivity index (χ0) is 14.7. The summed E-state index contributed by atoms with van der Waals surface area (Å²) < 4.78 is 13.1. The summed E-state index contributed by atoms with van der Waals surface area (Å²) >= 11 is 0. The van der Waals surface area contributed by atoms with Crippen LogP contribution in [0.5, 0.6) is 0 Å². The van der Waals surface area contributed by atoms with Gasteiger partial charge in [0, 0.05) is 6.04 Å². The van der Waals surface area contributed by atoms with Crippen molar-refractivity contribution >= 4 is 5.91 Å². The third-order valence-corrected chi connectivity index (χ3v) is 5.42. The number of nitrogens with one attached hydrogen (secondary N) is 1. The molecule has 0 bridgehead atoms. The fourth-order valence-electron chi connectivity index (χ4n) is 3.59. The highest BCUT2D eigenvalue weighted by atomic mass is 19.1. The van der Waals surface area contributed by atoms with Gasteiger partial charge >= 0.3 is 0 Å². The minimum atomic E-state index is -0.253. The predicted octanol–water partition coefficient (Wildman–Crippen LogP) is 2.69. The van der Waals surface area contributed by atoms with Crippen LogP contribution in [0.1, 0.15) is 39.4 Å². The standard InChI is InChI=1S/C16H21FN2O/c1-15(2)14(16(15,3)4)19-12(20)9-18-13(19)10-5-7-11(17)8-6-10/h5-8,13-14,18H,9H2,1-4H3. The molecule has 1 saturated heterocycles. The van der Waals surface area contributed by atoms with Crippen LogP contribution in [0.2, 0.25) is 0 Å². The molecule has 1 amide bonds. The Morgan fingerprint density at radius 1 is 1.15 bits per heavy atom. The van der Waals surface area contributed by atoms with E-state index in [1.165, 1.54) is 12.1 Å². The number of nitrogens with zero attached hydrogens (tertiary/aromatic N) is 1. The summed E-state index contributed by atoms with van der Waals surface area (Å²) in [4.78, 5) is 14.2. The Kier molecular flexibility index (Phi) is 2.74. The fourth-order valence-corrected chi connectivity index (χ4v) is 3.59. The molecule has 0 spiro atoms. The van der Waals surface area contributed by atoms with Crippen molar-refractivity contribution in [1.29, 1.82) is 0 Å². The molecule has 3 rings (SSSR count). The highest BCUT2D eigenvalue weighted by molar-refractivity contribution is 5.82. The van der Waals surface area contributed by atoms with Gasteiger partial charge in [0.15, 0.2) is 0 Å². The van der Waals surface area contributed by atoms with Crippen molar-refractivity contribution in [1.82, 2.24) is 10.2 Å². The monoisotopic (exact) mass is 276 g/mol. The maximum absolute atomic E-state index is 13.1. The number of carbonyl (C=O) groups is 1. The van der Waals surface area contributed by atoms with Gasteiger partial charge in [0.2, 0.25) is 5.91 Å². The van der Waals surface area contributed by atoms with Crippen molar-refractivity contribution in [2.24, 2.45) is 10.8 Å². The first kappa shape index (κ1) is 13.6. The largest absolute Gasteiger partial charge is 0.318 e. The van der Waals surface area contributed by atoms with Gasteiger partial charge in [0.05, 0.1) is 6.54 Å². The molecule has 1 aliphatic carbocycles. The SMILES string of the molecule is CC1(C)C(N2C(=O)CNC2c2ccc(F)cc2)C1(C)C. The first-order valence-corrected chi connectivity index (χ1v) is 7.07. The smallest absolute Gasteiger partial charge is 0.238 e. The van der Waals surface area contributed by atoms with E-state index in [1.54, 1.807) is 12.1 Å². The van der Waals surface area contributed by atoms with Crippen molar-refractivity contribution in [3.8, 4) is 0 Å². The van der Waals surface area contributed by atoms with Crippen molar-refractivity contribution in [3.63, 3.8) is 0 Å². The van der Waals surface area contributed by atoms with Gasteiger partial charge in [-0.15, -0.1) is 0 Å². The Bertz CT molecular complexity index is 536. The van der Waals surface area contributed by atoms with Gasteiger partial charge in [0.1, 0.15) is 12.0 Å². The predicted molar refractivity (Wildman–Crippen MR) is 75.3 cm³/mol. The summed E-state index contributed by atoms with van der Waals surface area (Å²) in [6, 6.07) is 6.61. The van der Waals surface area contributed by atoms with Crippen molar-refractivity contribution in [3.05, 3.63) is 35.6 Å². The highest BCUT2D eigenvalue weighted by Crippen LogP contribution is 2.66. The molecule has 1 heterocycles. The molecule has 2 fully saturated rings. The number of halogens is 1. The van der Waals surface area contributed by atoms with E-state index in [1.807, 2.05) is 4.90 Å². The molecule has 1 unspecified atom stereocenters. The van der Waals surface area contributed by atoms with Gasteiger partial charge in [-0.25, -0.2) is 4.39 Å². The van der Waals surface area contributed by atoms with E-state index in [0.29, 0.717) is 6.54 Å². The molecular formula is C16H21FN2O. The van der Waals surface area contributed by atoms with Crippen LogP contribution in [0.4, 0.5) is 4.39 Å². The zero-order valence-corrected chi connectivity index (χ0v) is 12.4. The fraction of sp³-hybridized carbons (Fsp3) is 0.562. The average Bonchev–Trinajstić information content (AvgIpc) is 2.66. The minimum Gasteiger partial charge on any atom is -0.318 e. The van der Waals surface area contributed by atoms with Crippen LogP contribution in [-0.4, -0.2) is 23.4 Å². The lowest BCUT2D eigenvalue weighted by molar-refractivity contribution is -0.129. The second kappa shape index (κ2) is 4.04. The maximum Gasteiger partial charge on any atom is 0.238 e. The van der Waals surface area contributed by atoms with Crippen LogP contribution in [-0.2, 0) is 4.79 Å². The molecule has 108 valence electrons. The molecule has 1 aromatic carbocycles. The van der Waals surface area contributed by atoms with E-state index < -0.39 is 0 Å². The average molecular weight is 276 g/mol. The minimum absolute atomic E-state index is 0.104. The Morgan fingerprint density at radius 3 is 2.20 bits per heavy atom. The number of amides is 1. The third kappa shape index (κ3) is 1.71. The molecule has 20 heavy (non-hydrogen) atoms. The van der Waals surface area contributed by atoms with Gasteiger partial charge < -0.3 is 4.90 Å². The highest BCUT2D eigenvalue weighted by Gasteiger charge is 2.69. The number of hydrogen-bond donors (Lipinski definition) is 1. The molecule has 1 atom stereocenters. The number of benzene rings is 1. The molecular weight excluding hydrogens is 255 g/mol. The van der Waals surface area contributed by atoms with Crippen LogP contribution in [0.15, 0.2) is 24.3 Å². The van der Waals surface area contributed by atoms with Gasteiger partial charge in [-0.05, 0) is 28.5 Å². The molecule has 1 aliphatic heterocycles. The zero-order valence-electron chi connectivity index (χ0n) is 12.4. The Morgan fingerprint density at radius 2 is 1.70 bits per heavy atom. The van der Waals surface area contributed by atoms with Crippen LogP contribution in [0.3, 0.4) is 0 Å². The number of hydrogen-bond acceptors (Lipinski definition) is 2. The maximum atomic E-state index is 13.1. The van der Waals surface area contributed by atoms with E-state index in [9.17, 15) is 9.18 Å². The first-order valence-electron chi connectivity index (χ1n) is 7.07. The molecule has 0 radical (unpaired) electrons. The van der Waals surface area contributed by atoms with E-state index >= 15 is 0 Å². The first-order chi connectivity index (χ1) is 9.26. The van der Waals surface area contributed by atoms with Crippen LogP contribution in [0, 0.1) is 16.6 Å².